The average molecular weight is 197 g/mol. The summed E-state index contributed by atoms with van der Waals surface area (Å²) in [7, 11) is 0. The van der Waals surface area contributed by atoms with Crippen LogP contribution in [-0.4, -0.2) is 28.6 Å². The van der Waals surface area contributed by atoms with E-state index >= 15 is 0 Å². The Kier molecular flexibility index (Phi) is 3.28. The van der Waals surface area contributed by atoms with Crippen molar-refractivity contribution >= 4 is 12.0 Å². The molecule has 0 aliphatic heterocycles. The van der Waals surface area contributed by atoms with Gasteiger partial charge in [0.1, 0.15) is 0 Å². The van der Waals surface area contributed by atoms with Crippen LogP contribution >= 0.6 is 0 Å². The Morgan fingerprint density at radius 2 is 2.29 bits per heavy atom. The minimum absolute atomic E-state index is 0.0425. The number of furan rings is 1. The monoisotopic (exact) mass is 197 g/mol. The fraction of sp³-hybridized carbons (Fsp3) is 0.333. The van der Waals surface area contributed by atoms with E-state index in [0.29, 0.717) is 6.42 Å². The molecule has 0 unspecified atom stereocenters. The smallest absolute Gasteiger partial charge is 0.414 e. The maximum atomic E-state index is 11.5. The molecule has 0 bridgehead atoms. The Hall–Kier alpha value is -1.78. The van der Waals surface area contributed by atoms with Gasteiger partial charge in [0, 0.05) is 6.54 Å². The van der Waals surface area contributed by atoms with Gasteiger partial charge in [-0.2, -0.15) is 0 Å². The van der Waals surface area contributed by atoms with E-state index in [4.69, 9.17) is 9.52 Å². The molecular formula is C9H11NO4. The van der Waals surface area contributed by atoms with Crippen molar-refractivity contribution in [1.82, 2.24) is 4.90 Å². The molecular weight excluding hydrogens is 186 g/mol. The van der Waals surface area contributed by atoms with Crippen molar-refractivity contribution < 1.29 is 19.1 Å². The van der Waals surface area contributed by atoms with Crippen LogP contribution in [0.4, 0.5) is 4.79 Å². The lowest BCUT2D eigenvalue weighted by Crippen LogP contribution is -2.36. The highest BCUT2D eigenvalue weighted by molar-refractivity contribution is 6.00. The molecule has 0 aromatic carbocycles. The van der Waals surface area contributed by atoms with Crippen LogP contribution in [0.25, 0.3) is 0 Å². The van der Waals surface area contributed by atoms with E-state index in [2.05, 4.69) is 0 Å². The largest absolute Gasteiger partial charge is 0.465 e. The molecule has 0 spiro atoms. The third-order valence-corrected chi connectivity index (χ3v) is 1.66. The van der Waals surface area contributed by atoms with Crippen LogP contribution in [0, 0.1) is 0 Å². The molecule has 0 fully saturated rings. The van der Waals surface area contributed by atoms with E-state index in [0.717, 1.165) is 4.90 Å². The fourth-order valence-electron chi connectivity index (χ4n) is 1.04. The minimum atomic E-state index is -1.26. The second-order valence-electron chi connectivity index (χ2n) is 2.72. The molecule has 1 aromatic heterocycles. The van der Waals surface area contributed by atoms with Gasteiger partial charge in [0.05, 0.1) is 6.26 Å². The predicted octanol–water partition coefficient (Wildman–Crippen LogP) is 1.81. The molecule has 14 heavy (non-hydrogen) atoms. The number of nitrogens with zero attached hydrogens (tertiary/aromatic N) is 1. The lowest BCUT2D eigenvalue weighted by Gasteiger charge is -2.14. The summed E-state index contributed by atoms with van der Waals surface area (Å²) >= 11 is 0. The predicted molar refractivity (Wildman–Crippen MR) is 48.1 cm³/mol. The number of carbonyl (C=O) groups excluding carboxylic acids is 1. The van der Waals surface area contributed by atoms with Gasteiger partial charge in [0.2, 0.25) is 0 Å². The first-order valence-electron chi connectivity index (χ1n) is 4.25. The number of imide groups is 1. The van der Waals surface area contributed by atoms with E-state index in [-0.39, 0.29) is 12.3 Å². The summed E-state index contributed by atoms with van der Waals surface area (Å²) in [5.41, 5.74) is 0. The number of amides is 2. The maximum Gasteiger partial charge on any atom is 0.414 e. The van der Waals surface area contributed by atoms with E-state index in [1.807, 2.05) is 0 Å². The Labute approximate surface area is 80.9 Å². The van der Waals surface area contributed by atoms with Gasteiger partial charge in [0.25, 0.3) is 5.91 Å². The number of hydrogen-bond acceptors (Lipinski definition) is 3. The van der Waals surface area contributed by atoms with Gasteiger partial charge in [-0.15, -0.1) is 0 Å². The molecule has 1 rings (SSSR count). The molecule has 1 N–H and O–H groups in total. The second-order valence-corrected chi connectivity index (χ2v) is 2.72. The quantitative estimate of drug-likeness (QED) is 0.802. The van der Waals surface area contributed by atoms with Crippen LogP contribution < -0.4 is 0 Å². The van der Waals surface area contributed by atoms with Crippen molar-refractivity contribution in [2.24, 2.45) is 0 Å². The third-order valence-electron chi connectivity index (χ3n) is 1.66. The molecule has 0 atom stereocenters. The Morgan fingerprint density at radius 3 is 2.71 bits per heavy atom. The number of carboxylic acid groups (broad SMARTS) is 1. The average Bonchev–Trinajstić information content (AvgIpc) is 2.65. The van der Waals surface area contributed by atoms with Crippen molar-refractivity contribution in [3.8, 4) is 0 Å². The zero-order chi connectivity index (χ0) is 10.6. The SMILES string of the molecule is CCCN(C(=O)O)C(=O)c1ccco1. The number of carbonyl (C=O) groups is 2. The van der Waals surface area contributed by atoms with Crippen molar-refractivity contribution in [2.75, 3.05) is 6.54 Å². The normalized spacial score (nSPS) is 9.79. The van der Waals surface area contributed by atoms with Crippen molar-refractivity contribution in [3.63, 3.8) is 0 Å². The molecule has 5 heteroatoms. The summed E-state index contributed by atoms with van der Waals surface area (Å²) < 4.78 is 4.82. The fourth-order valence-corrected chi connectivity index (χ4v) is 1.04. The first-order valence-corrected chi connectivity index (χ1v) is 4.25. The summed E-state index contributed by atoms with van der Waals surface area (Å²) in [6.07, 6.45) is 0.658. The van der Waals surface area contributed by atoms with Gasteiger partial charge in [-0.1, -0.05) is 6.92 Å². The summed E-state index contributed by atoms with van der Waals surface area (Å²) in [6, 6.07) is 2.98. The first-order chi connectivity index (χ1) is 6.66. The number of rotatable bonds is 3. The molecule has 0 saturated carbocycles. The third kappa shape index (κ3) is 2.12. The molecule has 5 nitrogen and oxygen atoms in total. The van der Waals surface area contributed by atoms with Crippen LogP contribution in [0.5, 0.6) is 0 Å². The van der Waals surface area contributed by atoms with Gasteiger partial charge in [-0.3, -0.25) is 4.79 Å². The van der Waals surface area contributed by atoms with Crippen LogP contribution in [0.2, 0.25) is 0 Å². The molecule has 0 aliphatic rings. The van der Waals surface area contributed by atoms with E-state index in [1.165, 1.54) is 12.3 Å². The Morgan fingerprint density at radius 1 is 1.57 bits per heavy atom. The summed E-state index contributed by atoms with van der Waals surface area (Å²) in [5.74, 6) is -0.579. The highest BCUT2D eigenvalue weighted by atomic mass is 16.4. The zero-order valence-electron chi connectivity index (χ0n) is 7.77. The van der Waals surface area contributed by atoms with Crippen molar-refractivity contribution in [1.29, 1.82) is 0 Å². The van der Waals surface area contributed by atoms with E-state index in [9.17, 15) is 9.59 Å². The minimum Gasteiger partial charge on any atom is -0.465 e. The lowest BCUT2D eigenvalue weighted by molar-refractivity contribution is 0.0712. The highest BCUT2D eigenvalue weighted by Crippen LogP contribution is 2.06. The summed E-state index contributed by atoms with van der Waals surface area (Å²) in [4.78, 5) is 22.9. The molecule has 1 heterocycles. The van der Waals surface area contributed by atoms with Crippen LogP contribution in [0.15, 0.2) is 22.8 Å². The van der Waals surface area contributed by atoms with Crippen LogP contribution in [0.3, 0.4) is 0 Å². The van der Waals surface area contributed by atoms with E-state index in [1.54, 1.807) is 13.0 Å². The van der Waals surface area contributed by atoms with Gasteiger partial charge < -0.3 is 9.52 Å². The van der Waals surface area contributed by atoms with Gasteiger partial charge in [-0.25, -0.2) is 9.69 Å². The molecule has 0 aliphatic carbocycles. The lowest BCUT2D eigenvalue weighted by atomic mass is 10.3. The molecule has 0 radical (unpaired) electrons. The molecule has 2 amide bonds. The van der Waals surface area contributed by atoms with Crippen molar-refractivity contribution in [2.45, 2.75) is 13.3 Å². The topological polar surface area (TPSA) is 70.8 Å². The standard InChI is InChI=1S/C9H11NO4/c1-2-5-10(9(12)13)8(11)7-4-3-6-14-7/h3-4,6H,2,5H2,1H3,(H,12,13). The Bertz CT molecular complexity index is 318. The van der Waals surface area contributed by atoms with Gasteiger partial charge in [0.15, 0.2) is 5.76 Å². The van der Waals surface area contributed by atoms with E-state index < -0.39 is 12.0 Å². The molecule has 0 saturated heterocycles. The Balaban J connectivity index is 2.79. The highest BCUT2D eigenvalue weighted by Gasteiger charge is 2.22. The zero-order valence-corrected chi connectivity index (χ0v) is 7.77. The first kappa shape index (κ1) is 10.3. The van der Waals surface area contributed by atoms with Crippen LogP contribution in [0.1, 0.15) is 23.9 Å². The summed E-state index contributed by atoms with van der Waals surface area (Å²) in [6.45, 7) is 1.97. The maximum absolute atomic E-state index is 11.5. The second kappa shape index (κ2) is 4.45. The van der Waals surface area contributed by atoms with Gasteiger partial charge >= 0.3 is 6.09 Å². The summed E-state index contributed by atoms with van der Waals surface area (Å²) in [5, 5.41) is 8.74. The molecule has 1 aromatic rings. The van der Waals surface area contributed by atoms with Crippen molar-refractivity contribution in [3.05, 3.63) is 24.2 Å². The number of hydrogen-bond donors (Lipinski definition) is 1. The van der Waals surface area contributed by atoms with Gasteiger partial charge in [-0.05, 0) is 18.6 Å². The molecule has 76 valence electrons. The van der Waals surface area contributed by atoms with Crippen LogP contribution in [-0.2, 0) is 0 Å².